The molecule has 0 aliphatic heterocycles. The van der Waals surface area contributed by atoms with Crippen molar-refractivity contribution in [1.29, 1.82) is 0 Å². The minimum atomic E-state index is 0.893. The predicted molar refractivity (Wildman–Crippen MR) is 206 cm³/mol. The summed E-state index contributed by atoms with van der Waals surface area (Å²) in [5.41, 5.74) is 10.9. The van der Waals surface area contributed by atoms with E-state index in [9.17, 15) is 0 Å². The molecule has 3 heteroatoms. The van der Waals surface area contributed by atoms with E-state index in [0.717, 1.165) is 66.5 Å². The number of anilines is 3. The van der Waals surface area contributed by atoms with Gasteiger partial charge in [-0.3, -0.25) is 0 Å². The summed E-state index contributed by atoms with van der Waals surface area (Å²) in [6.45, 7) is 0. The van der Waals surface area contributed by atoms with E-state index in [4.69, 9.17) is 4.42 Å². The smallest absolute Gasteiger partial charge is 0.143 e. The van der Waals surface area contributed by atoms with Crippen LogP contribution >= 0.6 is 0 Å². The molecule has 0 fully saturated rings. The highest BCUT2D eigenvalue weighted by Crippen LogP contribution is 2.50. The molecule has 0 unspecified atom stereocenters. The van der Waals surface area contributed by atoms with E-state index in [0.29, 0.717) is 0 Å². The summed E-state index contributed by atoms with van der Waals surface area (Å²) in [4.78, 5) is 2.48. The Morgan fingerprint density at radius 2 is 1.02 bits per heavy atom. The highest BCUT2D eigenvalue weighted by molar-refractivity contribution is 6.22. The van der Waals surface area contributed by atoms with Gasteiger partial charge in [-0.1, -0.05) is 133 Å². The molecule has 3 nitrogen and oxygen atoms in total. The molecule has 2 heterocycles. The van der Waals surface area contributed by atoms with Gasteiger partial charge in [0.1, 0.15) is 11.2 Å². The third-order valence-corrected chi connectivity index (χ3v) is 9.76. The molecule has 0 amide bonds. The SMILES string of the molecule is c1ccc(-c2ccccc2N(c2cc3c4ccccc4oc3c3ccccc23)c2cccc3c2c2ccccc2n3-c2ccccc2)cc1. The maximum atomic E-state index is 6.56. The predicted octanol–water partition coefficient (Wildman–Crippen LogP) is 13.0. The number of para-hydroxylation sites is 4. The first-order valence-corrected chi connectivity index (χ1v) is 16.7. The van der Waals surface area contributed by atoms with Crippen molar-refractivity contribution in [1.82, 2.24) is 4.57 Å². The standard InChI is InChI=1S/C46H30N2O/c1-3-16-31(17-4-1)33-20-9-12-25-39(33)48(43-30-38-35-22-11-14-29-44(35)49-46(38)36-23-8-7-21-34(36)43)42-28-15-27-41-45(42)37-24-10-13-26-40(37)47(41)32-18-5-2-6-19-32/h1-30H. The molecule has 0 saturated carbocycles. The van der Waals surface area contributed by atoms with Gasteiger partial charge in [0.25, 0.3) is 0 Å². The average Bonchev–Trinajstić information content (AvgIpc) is 3.72. The molecule has 0 atom stereocenters. The van der Waals surface area contributed by atoms with Crippen molar-refractivity contribution in [3.8, 4) is 16.8 Å². The summed E-state index contributed by atoms with van der Waals surface area (Å²) in [5, 5.41) is 6.84. The van der Waals surface area contributed by atoms with Crippen LogP contribution in [0.15, 0.2) is 186 Å². The van der Waals surface area contributed by atoms with E-state index in [-0.39, 0.29) is 0 Å². The number of furan rings is 1. The Kier molecular flexibility index (Phi) is 6.18. The van der Waals surface area contributed by atoms with Crippen LogP contribution in [-0.4, -0.2) is 4.57 Å². The highest BCUT2D eigenvalue weighted by atomic mass is 16.3. The molecule has 0 radical (unpaired) electrons. The number of benzene rings is 8. The van der Waals surface area contributed by atoms with Crippen LogP contribution in [0.3, 0.4) is 0 Å². The van der Waals surface area contributed by atoms with E-state index < -0.39 is 0 Å². The summed E-state index contributed by atoms with van der Waals surface area (Å²) < 4.78 is 8.95. The van der Waals surface area contributed by atoms with Crippen molar-refractivity contribution in [3.63, 3.8) is 0 Å². The number of hydrogen-bond donors (Lipinski definition) is 0. The van der Waals surface area contributed by atoms with Gasteiger partial charge in [-0.2, -0.15) is 0 Å². The summed E-state index contributed by atoms with van der Waals surface area (Å²) in [6, 6.07) is 65.0. The normalized spacial score (nSPS) is 11.7. The quantitative estimate of drug-likeness (QED) is 0.190. The van der Waals surface area contributed by atoms with Crippen molar-refractivity contribution in [3.05, 3.63) is 182 Å². The molecule has 0 bridgehead atoms. The van der Waals surface area contributed by atoms with Crippen LogP contribution < -0.4 is 4.90 Å². The molecule has 49 heavy (non-hydrogen) atoms. The molecule has 230 valence electrons. The number of rotatable bonds is 5. The van der Waals surface area contributed by atoms with Gasteiger partial charge in [0.2, 0.25) is 0 Å². The van der Waals surface area contributed by atoms with E-state index in [1.54, 1.807) is 0 Å². The van der Waals surface area contributed by atoms with Gasteiger partial charge < -0.3 is 13.9 Å². The monoisotopic (exact) mass is 626 g/mol. The minimum absolute atomic E-state index is 0.893. The number of hydrogen-bond acceptors (Lipinski definition) is 2. The Morgan fingerprint density at radius 3 is 1.86 bits per heavy atom. The zero-order valence-corrected chi connectivity index (χ0v) is 26.6. The molecule has 2 aromatic heterocycles. The first-order chi connectivity index (χ1) is 24.3. The van der Waals surface area contributed by atoms with Crippen molar-refractivity contribution in [2.75, 3.05) is 4.90 Å². The maximum absolute atomic E-state index is 6.56. The van der Waals surface area contributed by atoms with Crippen molar-refractivity contribution >= 4 is 71.6 Å². The molecule has 0 N–H and O–H groups in total. The van der Waals surface area contributed by atoms with E-state index in [1.165, 1.54) is 21.9 Å². The fraction of sp³-hybridized carbons (Fsp3) is 0. The Hall–Kier alpha value is -6.58. The van der Waals surface area contributed by atoms with Crippen molar-refractivity contribution in [2.24, 2.45) is 0 Å². The molecule has 0 aliphatic rings. The Labute approximate surface area is 283 Å². The van der Waals surface area contributed by atoms with Crippen molar-refractivity contribution in [2.45, 2.75) is 0 Å². The van der Waals surface area contributed by atoms with Gasteiger partial charge in [-0.25, -0.2) is 0 Å². The van der Waals surface area contributed by atoms with Crippen LogP contribution in [0.1, 0.15) is 0 Å². The van der Waals surface area contributed by atoms with Gasteiger partial charge >= 0.3 is 0 Å². The molecule has 0 aliphatic carbocycles. The first-order valence-electron chi connectivity index (χ1n) is 16.7. The lowest BCUT2D eigenvalue weighted by Crippen LogP contribution is -2.12. The lowest BCUT2D eigenvalue weighted by Gasteiger charge is -2.30. The van der Waals surface area contributed by atoms with Crippen LogP contribution in [0, 0.1) is 0 Å². The maximum Gasteiger partial charge on any atom is 0.143 e. The first kappa shape index (κ1) is 27.5. The van der Waals surface area contributed by atoms with Gasteiger partial charge in [0.05, 0.1) is 28.1 Å². The summed E-state index contributed by atoms with van der Waals surface area (Å²) in [6.07, 6.45) is 0. The Bertz CT molecular complexity index is 2830. The van der Waals surface area contributed by atoms with Crippen LogP contribution in [-0.2, 0) is 0 Å². The molecular formula is C46H30N2O. The number of fused-ring (bicyclic) bond motifs is 8. The molecule has 0 spiro atoms. The second kappa shape index (κ2) is 11.0. The zero-order chi connectivity index (χ0) is 32.3. The highest BCUT2D eigenvalue weighted by Gasteiger charge is 2.25. The third kappa shape index (κ3) is 4.23. The van der Waals surface area contributed by atoms with E-state index >= 15 is 0 Å². The molecule has 0 saturated heterocycles. The summed E-state index contributed by atoms with van der Waals surface area (Å²) in [5.74, 6) is 0. The zero-order valence-electron chi connectivity index (χ0n) is 26.6. The van der Waals surface area contributed by atoms with Crippen molar-refractivity contribution < 1.29 is 4.42 Å². The topological polar surface area (TPSA) is 21.3 Å². The van der Waals surface area contributed by atoms with Gasteiger partial charge in [0, 0.05) is 43.6 Å². The van der Waals surface area contributed by atoms with Gasteiger partial charge in [-0.15, -0.1) is 0 Å². The molecular weight excluding hydrogens is 597 g/mol. The summed E-state index contributed by atoms with van der Waals surface area (Å²) in [7, 11) is 0. The van der Waals surface area contributed by atoms with Crippen LogP contribution in [0.4, 0.5) is 17.1 Å². The number of aromatic nitrogens is 1. The fourth-order valence-electron chi connectivity index (χ4n) is 7.67. The third-order valence-electron chi connectivity index (χ3n) is 9.76. The van der Waals surface area contributed by atoms with Gasteiger partial charge in [-0.05, 0) is 54.1 Å². The largest absolute Gasteiger partial charge is 0.455 e. The second-order valence-electron chi connectivity index (χ2n) is 12.5. The summed E-state index contributed by atoms with van der Waals surface area (Å²) >= 11 is 0. The lowest BCUT2D eigenvalue weighted by atomic mass is 9.98. The molecule has 8 aromatic carbocycles. The van der Waals surface area contributed by atoms with Crippen LogP contribution in [0.5, 0.6) is 0 Å². The van der Waals surface area contributed by atoms with E-state index in [2.05, 4.69) is 185 Å². The Morgan fingerprint density at radius 1 is 0.408 bits per heavy atom. The molecule has 10 rings (SSSR count). The second-order valence-corrected chi connectivity index (χ2v) is 12.5. The fourth-order valence-corrected chi connectivity index (χ4v) is 7.67. The van der Waals surface area contributed by atoms with Crippen LogP contribution in [0.2, 0.25) is 0 Å². The molecule has 10 aromatic rings. The Balaban J connectivity index is 1.38. The van der Waals surface area contributed by atoms with Crippen LogP contribution in [0.25, 0.3) is 71.3 Å². The lowest BCUT2D eigenvalue weighted by molar-refractivity contribution is 0.672. The average molecular weight is 627 g/mol. The number of nitrogens with zero attached hydrogens (tertiary/aromatic N) is 2. The van der Waals surface area contributed by atoms with E-state index in [1.807, 2.05) is 6.07 Å². The van der Waals surface area contributed by atoms with Gasteiger partial charge in [0.15, 0.2) is 0 Å². The minimum Gasteiger partial charge on any atom is -0.455 e.